The van der Waals surface area contributed by atoms with Crippen LogP contribution in [-0.4, -0.2) is 17.9 Å². The number of carbonyl (C=O) groups excluding carboxylic acids is 1. The predicted molar refractivity (Wildman–Crippen MR) is 70.8 cm³/mol. The number of halogens is 2. The molecule has 1 aromatic carbocycles. The molecule has 0 aliphatic rings. The lowest BCUT2D eigenvalue weighted by molar-refractivity contribution is 0.0967. The van der Waals surface area contributed by atoms with E-state index in [-0.39, 0.29) is 11.5 Å². The molecule has 0 saturated heterocycles. The average molecular weight is 280 g/mol. The van der Waals surface area contributed by atoms with E-state index in [0.29, 0.717) is 9.88 Å². The maximum absolute atomic E-state index is 13.4. The van der Waals surface area contributed by atoms with Crippen molar-refractivity contribution in [3.63, 3.8) is 0 Å². The van der Waals surface area contributed by atoms with Gasteiger partial charge in [-0.1, -0.05) is 0 Å². The van der Waals surface area contributed by atoms with Gasteiger partial charge in [-0.3, -0.25) is 4.79 Å². The monoisotopic (exact) mass is 280 g/mol. The van der Waals surface area contributed by atoms with Crippen molar-refractivity contribution >= 4 is 29.4 Å². The van der Waals surface area contributed by atoms with Crippen molar-refractivity contribution in [2.24, 2.45) is 0 Å². The second-order valence-corrected chi connectivity index (χ2v) is 4.70. The Morgan fingerprint density at radius 2 is 2.16 bits per heavy atom. The zero-order valence-electron chi connectivity index (χ0n) is 9.98. The van der Waals surface area contributed by atoms with Gasteiger partial charge in [-0.2, -0.15) is 0 Å². The van der Waals surface area contributed by atoms with Crippen LogP contribution in [0.25, 0.3) is 12.2 Å². The van der Waals surface area contributed by atoms with E-state index in [4.69, 9.17) is 0 Å². The third-order valence-corrected chi connectivity index (χ3v) is 3.30. The lowest BCUT2D eigenvalue weighted by atomic mass is 10.2. The summed E-state index contributed by atoms with van der Waals surface area (Å²) in [5, 5.41) is 3.03. The van der Waals surface area contributed by atoms with Crippen molar-refractivity contribution in [3.05, 3.63) is 51.5 Å². The number of carbonyl (C=O) groups is 1. The minimum Gasteiger partial charge on any atom is -0.354 e. The van der Waals surface area contributed by atoms with E-state index >= 15 is 0 Å². The third kappa shape index (κ3) is 3.23. The first-order valence-electron chi connectivity index (χ1n) is 5.41. The summed E-state index contributed by atoms with van der Waals surface area (Å²) in [4.78, 5) is 15.8. The lowest BCUT2D eigenvalue weighted by Gasteiger charge is -1.95. The molecule has 0 aliphatic heterocycles. The Kier molecular flexibility index (Phi) is 4.01. The first-order chi connectivity index (χ1) is 9.10. The molecule has 1 amide bonds. The second kappa shape index (κ2) is 5.71. The molecular weight excluding hydrogens is 270 g/mol. The summed E-state index contributed by atoms with van der Waals surface area (Å²) in [5.74, 6) is -1.25. The van der Waals surface area contributed by atoms with Gasteiger partial charge < -0.3 is 5.32 Å². The molecule has 0 unspecified atom stereocenters. The zero-order valence-corrected chi connectivity index (χ0v) is 10.8. The van der Waals surface area contributed by atoms with Crippen LogP contribution in [0.2, 0.25) is 0 Å². The largest absolute Gasteiger partial charge is 0.354 e. The van der Waals surface area contributed by atoms with Crippen molar-refractivity contribution in [2.45, 2.75) is 0 Å². The number of hydrogen-bond donors (Lipinski definition) is 1. The van der Waals surface area contributed by atoms with Gasteiger partial charge in [-0.05, 0) is 30.4 Å². The van der Waals surface area contributed by atoms with E-state index in [9.17, 15) is 13.6 Å². The predicted octanol–water partition coefficient (Wildman–Crippen LogP) is 2.95. The number of nitrogens with one attached hydrogen (secondary N) is 1. The molecule has 3 nitrogen and oxygen atoms in total. The van der Waals surface area contributed by atoms with Gasteiger partial charge in [0.25, 0.3) is 5.91 Å². The smallest absolute Gasteiger partial charge is 0.262 e. The van der Waals surface area contributed by atoms with E-state index in [1.165, 1.54) is 36.7 Å². The number of thiazole rings is 1. The van der Waals surface area contributed by atoms with E-state index in [1.54, 1.807) is 0 Å². The number of rotatable bonds is 3. The Hall–Kier alpha value is -2.08. The molecule has 0 fully saturated rings. The van der Waals surface area contributed by atoms with Crippen LogP contribution in [0.5, 0.6) is 0 Å². The summed E-state index contributed by atoms with van der Waals surface area (Å²) >= 11 is 1.17. The third-order valence-electron chi connectivity index (χ3n) is 2.34. The van der Waals surface area contributed by atoms with Gasteiger partial charge in [-0.15, -0.1) is 11.3 Å². The first kappa shape index (κ1) is 13.4. The Balaban J connectivity index is 2.20. The van der Waals surface area contributed by atoms with Crippen molar-refractivity contribution in [2.75, 3.05) is 7.05 Å². The topological polar surface area (TPSA) is 42.0 Å². The van der Waals surface area contributed by atoms with E-state index in [0.717, 1.165) is 18.2 Å². The Morgan fingerprint density at radius 1 is 1.37 bits per heavy atom. The molecular formula is C13H10F2N2OS. The summed E-state index contributed by atoms with van der Waals surface area (Å²) < 4.78 is 26.3. The molecule has 2 aromatic rings. The molecule has 6 heteroatoms. The molecule has 1 heterocycles. The van der Waals surface area contributed by atoms with Gasteiger partial charge in [0.1, 0.15) is 21.5 Å². The van der Waals surface area contributed by atoms with Crippen LogP contribution in [0, 0.1) is 11.6 Å². The van der Waals surface area contributed by atoms with Gasteiger partial charge >= 0.3 is 0 Å². The van der Waals surface area contributed by atoms with Crippen LogP contribution in [-0.2, 0) is 0 Å². The first-order valence-corrected chi connectivity index (χ1v) is 6.23. The van der Waals surface area contributed by atoms with Gasteiger partial charge in [0, 0.05) is 12.6 Å². The van der Waals surface area contributed by atoms with Gasteiger partial charge in [-0.25, -0.2) is 13.8 Å². The maximum atomic E-state index is 13.4. The Bertz CT molecular complexity index is 637. The average Bonchev–Trinajstić information content (AvgIpc) is 2.88. The van der Waals surface area contributed by atoms with Crippen LogP contribution in [0.3, 0.4) is 0 Å². The molecule has 0 atom stereocenters. The van der Waals surface area contributed by atoms with Crippen LogP contribution in [0.1, 0.15) is 20.2 Å². The number of aromatic nitrogens is 1. The highest BCUT2D eigenvalue weighted by Crippen LogP contribution is 2.17. The summed E-state index contributed by atoms with van der Waals surface area (Å²) in [7, 11) is 1.53. The molecule has 0 spiro atoms. The summed E-state index contributed by atoms with van der Waals surface area (Å²) in [5.41, 5.74) is 0.136. The normalized spacial score (nSPS) is 10.9. The van der Waals surface area contributed by atoms with Crippen molar-refractivity contribution in [1.29, 1.82) is 0 Å². The van der Waals surface area contributed by atoms with Crippen LogP contribution >= 0.6 is 11.3 Å². The standard InChI is InChI=1S/C13H10F2N2OS/c1-16-13(18)11-7-17-12(19-11)5-2-8-6-9(14)3-4-10(8)15/h2-7H,1H3,(H,16,18). The molecule has 0 saturated carbocycles. The minimum atomic E-state index is -0.513. The Morgan fingerprint density at radius 3 is 2.89 bits per heavy atom. The lowest BCUT2D eigenvalue weighted by Crippen LogP contribution is -2.16. The van der Waals surface area contributed by atoms with Crippen molar-refractivity contribution in [1.82, 2.24) is 10.3 Å². The highest BCUT2D eigenvalue weighted by molar-refractivity contribution is 7.14. The number of nitrogens with zero attached hydrogens (tertiary/aromatic N) is 1. The summed E-state index contributed by atoms with van der Waals surface area (Å²) in [6.07, 6.45) is 4.39. The SMILES string of the molecule is CNC(=O)c1cnc(C=Cc2cc(F)ccc2F)s1. The molecule has 0 aliphatic carbocycles. The maximum Gasteiger partial charge on any atom is 0.262 e. The van der Waals surface area contributed by atoms with Crippen LogP contribution in [0.4, 0.5) is 8.78 Å². The van der Waals surface area contributed by atoms with E-state index < -0.39 is 11.6 Å². The Labute approximate surface area is 112 Å². The molecule has 1 aromatic heterocycles. The van der Waals surface area contributed by atoms with Gasteiger partial charge in [0.15, 0.2) is 0 Å². The fraction of sp³-hybridized carbons (Fsp3) is 0.0769. The molecule has 1 N–H and O–H groups in total. The number of benzene rings is 1. The highest BCUT2D eigenvalue weighted by Gasteiger charge is 2.07. The second-order valence-electron chi connectivity index (χ2n) is 3.64. The minimum absolute atomic E-state index is 0.136. The van der Waals surface area contributed by atoms with Crippen LogP contribution in [0.15, 0.2) is 24.4 Å². The molecule has 0 radical (unpaired) electrons. The quantitative estimate of drug-likeness (QED) is 0.939. The van der Waals surface area contributed by atoms with Gasteiger partial charge in [0.2, 0.25) is 0 Å². The zero-order chi connectivity index (χ0) is 13.8. The molecule has 98 valence electrons. The highest BCUT2D eigenvalue weighted by atomic mass is 32.1. The van der Waals surface area contributed by atoms with E-state index in [1.807, 2.05) is 0 Å². The molecule has 2 rings (SSSR count). The fourth-order valence-electron chi connectivity index (χ4n) is 1.40. The van der Waals surface area contributed by atoms with Crippen molar-refractivity contribution in [3.8, 4) is 0 Å². The molecule has 19 heavy (non-hydrogen) atoms. The summed E-state index contributed by atoms with van der Waals surface area (Å²) in [6, 6.07) is 3.21. The van der Waals surface area contributed by atoms with Crippen molar-refractivity contribution < 1.29 is 13.6 Å². The van der Waals surface area contributed by atoms with Gasteiger partial charge in [0.05, 0.1) is 6.20 Å². The fourth-order valence-corrected chi connectivity index (χ4v) is 2.16. The van der Waals surface area contributed by atoms with Crippen LogP contribution < -0.4 is 5.32 Å². The summed E-state index contributed by atoms with van der Waals surface area (Å²) in [6.45, 7) is 0. The van der Waals surface area contributed by atoms with E-state index in [2.05, 4.69) is 10.3 Å². The number of amides is 1. The molecule has 0 bridgehead atoms. The number of hydrogen-bond acceptors (Lipinski definition) is 3.